The van der Waals surface area contributed by atoms with Gasteiger partial charge < -0.3 is 9.72 Å². The molecule has 0 radical (unpaired) electrons. The van der Waals surface area contributed by atoms with E-state index in [1.54, 1.807) is 35.7 Å². The van der Waals surface area contributed by atoms with Crippen molar-refractivity contribution >= 4 is 27.3 Å². The van der Waals surface area contributed by atoms with Gasteiger partial charge in [0.25, 0.3) is 0 Å². The number of thiophene rings is 1. The zero-order valence-electron chi connectivity index (χ0n) is 13.9. The Hall–Kier alpha value is -2.49. The molecular formula is C17H17N3O4S2. The molecule has 7 nitrogen and oxygen atoms in total. The van der Waals surface area contributed by atoms with Crippen LogP contribution < -0.4 is 4.72 Å². The second-order valence-electron chi connectivity index (χ2n) is 5.45. The van der Waals surface area contributed by atoms with Crippen molar-refractivity contribution in [3.63, 3.8) is 0 Å². The number of carbonyl (C=O) groups is 1. The Labute approximate surface area is 155 Å². The molecule has 136 valence electrons. The second kappa shape index (κ2) is 7.81. The molecule has 0 saturated carbocycles. The number of methoxy groups -OCH3 is 1. The van der Waals surface area contributed by atoms with Gasteiger partial charge in [-0.25, -0.2) is 22.9 Å². The molecule has 0 aliphatic carbocycles. The van der Waals surface area contributed by atoms with Gasteiger partial charge in [0, 0.05) is 0 Å². The summed E-state index contributed by atoms with van der Waals surface area (Å²) >= 11 is 1.57. The third-order valence-corrected chi connectivity index (χ3v) is 5.82. The third-order valence-electron chi connectivity index (χ3n) is 3.64. The van der Waals surface area contributed by atoms with Crippen LogP contribution in [0.25, 0.3) is 10.6 Å². The van der Waals surface area contributed by atoms with Crippen LogP contribution in [0.4, 0.5) is 0 Å². The Bertz CT molecular complexity index is 995. The topological polar surface area (TPSA) is 101 Å². The number of rotatable bonds is 7. The normalized spacial score (nSPS) is 11.4. The Morgan fingerprint density at radius 3 is 2.81 bits per heavy atom. The number of carbonyl (C=O) groups excluding carboxylic acids is 1. The summed E-state index contributed by atoms with van der Waals surface area (Å²) in [5, 5.41) is 1.96. The molecular weight excluding hydrogens is 374 g/mol. The molecule has 9 heteroatoms. The predicted octanol–water partition coefficient (Wildman–Crippen LogP) is 2.54. The van der Waals surface area contributed by atoms with Gasteiger partial charge in [-0.15, -0.1) is 11.3 Å². The molecule has 0 aliphatic rings. The van der Waals surface area contributed by atoms with Crippen molar-refractivity contribution in [2.45, 2.75) is 12.3 Å². The van der Waals surface area contributed by atoms with Gasteiger partial charge >= 0.3 is 5.97 Å². The number of nitrogens with one attached hydrogen (secondary N) is 2. The van der Waals surface area contributed by atoms with Gasteiger partial charge in [0.2, 0.25) is 10.0 Å². The van der Waals surface area contributed by atoms with Crippen molar-refractivity contribution in [2.75, 3.05) is 7.11 Å². The van der Waals surface area contributed by atoms with Gasteiger partial charge in [-0.05, 0) is 23.1 Å². The van der Waals surface area contributed by atoms with E-state index in [0.717, 1.165) is 10.6 Å². The lowest BCUT2D eigenvalue weighted by Crippen LogP contribution is -2.26. The fraction of sp³-hybridized carbons (Fsp3) is 0.176. The van der Waals surface area contributed by atoms with E-state index in [2.05, 4.69) is 14.7 Å². The van der Waals surface area contributed by atoms with E-state index in [4.69, 9.17) is 4.74 Å². The number of sulfonamides is 1. The van der Waals surface area contributed by atoms with Gasteiger partial charge in [-0.2, -0.15) is 0 Å². The highest BCUT2D eigenvalue weighted by Gasteiger charge is 2.18. The maximum Gasteiger partial charge on any atom is 0.338 e. The van der Waals surface area contributed by atoms with Crippen LogP contribution in [-0.2, 0) is 27.1 Å². The van der Waals surface area contributed by atoms with Crippen molar-refractivity contribution in [1.29, 1.82) is 0 Å². The highest BCUT2D eigenvalue weighted by molar-refractivity contribution is 7.88. The predicted molar refractivity (Wildman–Crippen MR) is 99.1 cm³/mol. The smallest absolute Gasteiger partial charge is 0.338 e. The lowest BCUT2D eigenvalue weighted by Gasteiger charge is -2.09. The van der Waals surface area contributed by atoms with Gasteiger partial charge in [-0.1, -0.05) is 24.3 Å². The molecule has 0 atom stereocenters. The van der Waals surface area contributed by atoms with Crippen LogP contribution in [0, 0.1) is 0 Å². The summed E-state index contributed by atoms with van der Waals surface area (Å²) in [7, 11) is -2.40. The molecule has 0 unspecified atom stereocenters. The summed E-state index contributed by atoms with van der Waals surface area (Å²) in [6.45, 7) is 0.0358. The number of ether oxygens (including phenoxy) is 1. The van der Waals surface area contributed by atoms with Gasteiger partial charge in [-0.3, -0.25) is 0 Å². The number of aromatic amines is 1. The van der Waals surface area contributed by atoms with E-state index in [9.17, 15) is 13.2 Å². The number of imidazole rings is 1. The summed E-state index contributed by atoms with van der Waals surface area (Å²) in [6.07, 6.45) is 1.67. The number of benzene rings is 1. The maximum atomic E-state index is 12.4. The molecule has 0 bridgehead atoms. The van der Waals surface area contributed by atoms with Gasteiger partial charge in [0.1, 0.15) is 5.82 Å². The minimum absolute atomic E-state index is 0.0358. The molecule has 0 amide bonds. The summed E-state index contributed by atoms with van der Waals surface area (Å²) in [5.41, 5.74) is 1.45. The molecule has 3 rings (SSSR count). The monoisotopic (exact) mass is 391 g/mol. The molecule has 2 aromatic heterocycles. The minimum Gasteiger partial charge on any atom is -0.465 e. The second-order valence-corrected chi connectivity index (χ2v) is 8.20. The maximum absolute atomic E-state index is 12.4. The average Bonchev–Trinajstić information content (AvgIpc) is 3.31. The van der Waals surface area contributed by atoms with Crippen LogP contribution in [0.2, 0.25) is 0 Å². The SMILES string of the molecule is COC(=O)c1ccccc1CS(=O)(=O)NCc1ncc(-c2cccs2)[nH]1. The van der Waals surface area contributed by atoms with E-state index in [0.29, 0.717) is 11.4 Å². The Morgan fingerprint density at radius 1 is 1.27 bits per heavy atom. The van der Waals surface area contributed by atoms with E-state index >= 15 is 0 Å². The van der Waals surface area contributed by atoms with Crippen molar-refractivity contribution < 1.29 is 17.9 Å². The van der Waals surface area contributed by atoms with Crippen molar-refractivity contribution in [2.24, 2.45) is 0 Å². The number of hydrogen-bond donors (Lipinski definition) is 2. The molecule has 3 aromatic rings. The summed E-state index contributed by atoms with van der Waals surface area (Å²) in [5.74, 6) is -0.378. The van der Waals surface area contributed by atoms with Crippen LogP contribution >= 0.6 is 11.3 Å². The summed E-state index contributed by atoms with van der Waals surface area (Å²) < 4.78 is 31.9. The lowest BCUT2D eigenvalue weighted by molar-refractivity contribution is 0.0600. The molecule has 0 fully saturated rings. The number of esters is 1. The fourth-order valence-corrected chi connectivity index (χ4v) is 4.21. The van der Waals surface area contributed by atoms with Crippen LogP contribution in [-0.4, -0.2) is 31.5 Å². The van der Waals surface area contributed by atoms with E-state index < -0.39 is 16.0 Å². The minimum atomic E-state index is -3.66. The number of hydrogen-bond acceptors (Lipinski definition) is 6. The molecule has 2 N–H and O–H groups in total. The summed E-state index contributed by atoms with van der Waals surface area (Å²) in [6, 6.07) is 10.4. The average molecular weight is 391 g/mol. The van der Waals surface area contributed by atoms with Crippen LogP contribution in [0.15, 0.2) is 48.0 Å². The number of H-pyrrole nitrogens is 1. The van der Waals surface area contributed by atoms with Crippen LogP contribution in [0.1, 0.15) is 21.7 Å². The Balaban J connectivity index is 1.68. The summed E-state index contributed by atoms with van der Waals surface area (Å²) in [4.78, 5) is 20.1. The molecule has 0 saturated heterocycles. The van der Waals surface area contributed by atoms with Crippen molar-refractivity contribution in [3.8, 4) is 10.6 Å². The first-order valence-electron chi connectivity index (χ1n) is 7.70. The number of aromatic nitrogens is 2. The van der Waals surface area contributed by atoms with E-state index in [1.165, 1.54) is 13.2 Å². The fourth-order valence-electron chi connectivity index (χ4n) is 2.40. The highest BCUT2D eigenvalue weighted by atomic mass is 32.2. The van der Waals surface area contributed by atoms with E-state index in [1.807, 2.05) is 17.5 Å². The molecule has 2 heterocycles. The first-order valence-corrected chi connectivity index (χ1v) is 10.2. The first-order chi connectivity index (χ1) is 12.5. The zero-order valence-corrected chi connectivity index (χ0v) is 15.6. The van der Waals surface area contributed by atoms with Gasteiger partial charge in [0.15, 0.2) is 0 Å². The quantitative estimate of drug-likeness (QED) is 0.603. The Morgan fingerprint density at radius 2 is 2.08 bits per heavy atom. The van der Waals surface area contributed by atoms with Crippen molar-refractivity contribution in [1.82, 2.24) is 14.7 Å². The first kappa shape index (κ1) is 18.3. The molecule has 0 aliphatic heterocycles. The van der Waals surface area contributed by atoms with Crippen molar-refractivity contribution in [3.05, 3.63) is 64.9 Å². The molecule has 0 spiro atoms. The third kappa shape index (κ3) is 4.37. The molecule has 26 heavy (non-hydrogen) atoms. The van der Waals surface area contributed by atoms with E-state index in [-0.39, 0.29) is 17.9 Å². The standard InChI is InChI=1S/C17H17N3O4S2/c1-24-17(21)13-6-3-2-5-12(13)11-26(22,23)19-10-16-18-9-14(20-16)15-7-4-8-25-15/h2-9,19H,10-11H2,1H3,(H,18,20). The van der Waals surface area contributed by atoms with Crippen LogP contribution in [0.5, 0.6) is 0 Å². The number of nitrogens with zero attached hydrogens (tertiary/aromatic N) is 1. The zero-order chi connectivity index (χ0) is 18.6. The largest absolute Gasteiger partial charge is 0.465 e. The van der Waals surface area contributed by atoms with Crippen LogP contribution in [0.3, 0.4) is 0 Å². The Kier molecular flexibility index (Phi) is 5.50. The lowest BCUT2D eigenvalue weighted by atomic mass is 10.1. The molecule has 1 aromatic carbocycles. The highest BCUT2D eigenvalue weighted by Crippen LogP contribution is 2.22. The van der Waals surface area contributed by atoms with Gasteiger partial charge in [0.05, 0.1) is 41.7 Å².